The van der Waals surface area contributed by atoms with Gasteiger partial charge in [0.05, 0.1) is 23.9 Å². The zero-order chi connectivity index (χ0) is 22.9. The topological polar surface area (TPSA) is 91.8 Å². The number of methoxy groups -OCH3 is 1. The van der Waals surface area contributed by atoms with Crippen molar-refractivity contribution < 1.29 is 19.1 Å². The molecule has 3 aromatic rings. The minimum atomic E-state index is -0.962. The first-order valence-corrected chi connectivity index (χ1v) is 11.0. The molecule has 0 atom stereocenters. The van der Waals surface area contributed by atoms with E-state index in [1.54, 1.807) is 25.9 Å². The summed E-state index contributed by atoms with van der Waals surface area (Å²) in [4.78, 5) is 45.3. The highest BCUT2D eigenvalue weighted by Gasteiger charge is 2.44. The van der Waals surface area contributed by atoms with Gasteiger partial charge in [-0.3, -0.25) is 19.4 Å². The molecule has 32 heavy (non-hydrogen) atoms. The largest absolute Gasteiger partial charge is 0.497 e. The molecule has 8 nitrogen and oxygen atoms in total. The number of ether oxygens (including phenoxy) is 1. The third-order valence-electron chi connectivity index (χ3n) is 5.29. The van der Waals surface area contributed by atoms with Gasteiger partial charge in [0, 0.05) is 13.0 Å². The van der Waals surface area contributed by atoms with Crippen LogP contribution >= 0.6 is 11.3 Å². The fourth-order valence-corrected chi connectivity index (χ4v) is 4.54. The lowest BCUT2D eigenvalue weighted by Gasteiger charge is -2.21. The number of hydrogen-bond acceptors (Lipinski definition) is 6. The van der Waals surface area contributed by atoms with Crippen molar-refractivity contribution in [3.63, 3.8) is 0 Å². The number of rotatable bonds is 7. The van der Waals surface area contributed by atoms with Crippen molar-refractivity contribution in [1.29, 1.82) is 0 Å². The second-order valence-corrected chi connectivity index (χ2v) is 9.07. The molecule has 1 aliphatic heterocycles. The van der Waals surface area contributed by atoms with E-state index in [1.165, 1.54) is 11.3 Å². The summed E-state index contributed by atoms with van der Waals surface area (Å²) in [5.74, 6) is 0.164. The molecule has 4 amide bonds. The minimum absolute atomic E-state index is 0.00131. The molecule has 0 unspecified atom stereocenters. The van der Waals surface area contributed by atoms with Gasteiger partial charge < -0.3 is 10.1 Å². The molecule has 0 spiro atoms. The van der Waals surface area contributed by atoms with Crippen molar-refractivity contribution in [3.8, 4) is 5.75 Å². The van der Waals surface area contributed by atoms with E-state index in [2.05, 4.69) is 10.3 Å². The van der Waals surface area contributed by atoms with Crippen LogP contribution in [0.5, 0.6) is 5.75 Å². The second kappa shape index (κ2) is 8.58. The van der Waals surface area contributed by atoms with Gasteiger partial charge in [0.25, 0.3) is 5.91 Å². The van der Waals surface area contributed by atoms with Gasteiger partial charge in [-0.1, -0.05) is 41.7 Å². The number of hydrogen-bond donors (Lipinski definition) is 1. The van der Waals surface area contributed by atoms with Crippen molar-refractivity contribution in [3.05, 3.63) is 54.1 Å². The lowest BCUT2D eigenvalue weighted by Crippen LogP contribution is -2.41. The predicted octanol–water partition coefficient (Wildman–Crippen LogP) is 3.56. The van der Waals surface area contributed by atoms with Crippen molar-refractivity contribution in [2.45, 2.75) is 32.4 Å². The quantitative estimate of drug-likeness (QED) is 0.554. The Morgan fingerprint density at radius 2 is 1.94 bits per heavy atom. The molecule has 0 aliphatic carbocycles. The molecule has 1 saturated heterocycles. The SMILES string of the molecule is COc1ccc2nc(N(Cc3ccccc3)C(=O)CCN3C(=O)NC(C)(C)C3=O)sc2c1. The van der Waals surface area contributed by atoms with Crippen molar-refractivity contribution in [2.24, 2.45) is 0 Å². The molecule has 1 fully saturated rings. The van der Waals surface area contributed by atoms with E-state index >= 15 is 0 Å². The van der Waals surface area contributed by atoms with Crippen LogP contribution < -0.4 is 15.0 Å². The number of fused-ring (bicyclic) bond motifs is 1. The Bertz CT molecular complexity index is 1180. The van der Waals surface area contributed by atoms with Gasteiger partial charge in [0.15, 0.2) is 5.13 Å². The van der Waals surface area contributed by atoms with E-state index in [4.69, 9.17) is 4.74 Å². The average molecular weight is 453 g/mol. The van der Waals surface area contributed by atoms with Gasteiger partial charge in [-0.25, -0.2) is 9.78 Å². The first kappa shape index (κ1) is 21.8. The van der Waals surface area contributed by atoms with Crippen LogP contribution in [0.15, 0.2) is 48.5 Å². The third kappa shape index (κ3) is 4.29. The average Bonchev–Trinajstić information content (AvgIpc) is 3.28. The Morgan fingerprint density at radius 1 is 1.19 bits per heavy atom. The van der Waals surface area contributed by atoms with E-state index in [0.717, 1.165) is 26.4 Å². The van der Waals surface area contributed by atoms with Crippen LogP contribution in [0.2, 0.25) is 0 Å². The van der Waals surface area contributed by atoms with E-state index in [0.29, 0.717) is 11.7 Å². The monoisotopic (exact) mass is 452 g/mol. The Kier molecular flexibility index (Phi) is 5.84. The van der Waals surface area contributed by atoms with Crippen LogP contribution in [-0.4, -0.2) is 46.9 Å². The smallest absolute Gasteiger partial charge is 0.325 e. The lowest BCUT2D eigenvalue weighted by atomic mass is 10.1. The van der Waals surface area contributed by atoms with E-state index in [-0.39, 0.29) is 24.8 Å². The van der Waals surface area contributed by atoms with Gasteiger partial charge in [0.2, 0.25) is 5.91 Å². The second-order valence-electron chi connectivity index (χ2n) is 8.06. The molecule has 4 rings (SSSR count). The summed E-state index contributed by atoms with van der Waals surface area (Å²) in [5, 5.41) is 3.19. The molecule has 1 N–H and O–H groups in total. The van der Waals surface area contributed by atoms with E-state index in [1.807, 2.05) is 48.5 Å². The number of nitrogens with one attached hydrogen (secondary N) is 1. The molecular weight excluding hydrogens is 428 g/mol. The minimum Gasteiger partial charge on any atom is -0.497 e. The van der Waals surface area contributed by atoms with Gasteiger partial charge in [0.1, 0.15) is 11.3 Å². The Balaban J connectivity index is 1.59. The molecule has 0 saturated carbocycles. The summed E-state index contributed by atoms with van der Waals surface area (Å²) in [6, 6.07) is 14.7. The summed E-state index contributed by atoms with van der Waals surface area (Å²) >= 11 is 1.40. The highest BCUT2D eigenvalue weighted by atomic mass is 32.1. The molecule has 166 valence electrons. The maximum atomic E-state index is 13.3. The Labute approximate surface area is 189 Å². The molecule has 0 bridgehead atoms. The molecule has 1 aromatic heterocycles. The summed E-state index contributed by atoms with van der Waals surface area (Å²) in [7, 11) is 1.60. The fraction of sp³-hybridized carbons (Fsp3) is 0.304. The van der Waals surface area contributed by atoms with Crippen LogP contribution in [0, 0.1) is 0 Å². The normalized spacial score (nSPS) is 15.2. The molecule has 9 heteroatoms. The molecular formula is C23H24N4O4S. The third-order valence-corrected chi connectivity index (χ3v) is 6.33. The molecule has 0 radical (unpaired) electrons. The van der Waals surface area contributed by atoms with Gasteiger partial charge >= 0.3 is 6.03 Å². The number of thiazole rings is 1. The number of carbonyl (C=O) groups is 3. The van der Waals surface area contributed by atoms with Crippen LogP contribution in [0.1, 0.15) is 25.8 Å². The van der Waals surface area contributed by atoms with Gasteiger partial charge in [-0.05, 0) is 37.6 Å². The zero-order valence-corrected chi connectivity index (χ0v) is 18.9. The van der Waals surface area contributed by atoms with E-state index in [9.17, 15) is 14.4 Å². The summed E-state index contributed by atoms with van der Waals surface area (Å²) in [5.41, 5.74) is 0.761. The van der Waals surface area contributed by atoms with Crippen LogP contribution in [0.25, 0.3) is 10.2 Å². The highest BCUT2D eigenvalue weighted by Crippen LogP contribution is 2.32. The highest BCUT2D eigenvalue weighted by molar-refractivity contribution is 7.22. The number of aromatic nitrogens is 1. The van der Waals surface area contributed by atoms with Crippen molar-refractivity contribution in [2.75, 3.05) is 18.6 Å². The predicted molar refractivity (Wildman–Crippen MR) is 123 cm³/mol. The number of imide groups is 1. The first-order valence-electron chi connectivity index (χ1n) is 10.2. The van der Waals surface area contributed by atoms with Crippen LogP contribution in [-0.2, 0) is 16.1 Å². The standard InChI is InChI=1S/C23H24N4O4S/c1-23(2)20(29)26(21(30)25-23)12-11-19(28)27(14-15-7-5-4-6-8-15)22-24-17-10-9-16(31-3)13-18(17)32-22/h4-10,13H,11-12,14H2,1-3H3,(H,25,30). The summed E-state index contributed by atoms with van der Waals surface area (Å²) in [6.45, 7) is 3.64. The van der Waals surface area contributed by atoms with Gasteiger partial charge in [-0.15, -0.1) is 0 Å². The molecule has 2 heterocycles. The van der Waals surface area contributed by atoms with E-state index < -0.39 is 11.6 Å². The summed E-state index contributed by atoms with van der Waals surface area (Å²) < 4.78 is 6.19. The Morgan fingerprint density at radius 3 is 2.59 bits per heavy atom. The number of benzene rings is 2. The fourth-order valence-electron chi connectivity index (χ4n) is 3.53. The maximum absolute atomic E-state index is 13.3. The number of urea groups is 1. The van der Waals surface area contributed by atoms with Crippen LogP contribution in [0.3, 0.4) is 0 Å². The number of amides is 4. The lowest BCUT2D eigenvalue weighted by molar-refractivity contribution is -0.130. The molecule has 1 aliphatic rings. The molecule has 2 aromatic carbocycles. The zero-order valence-electron chi connectivity index (χ0n) is 18.1. The van der Waals surface area contributed by atoms with Crippen molar-refractivity contribution in [1.82, 2.24) is 15.2 Å². The van der Waals surface area contributed by atoms with Crippen LogP contribution in [0.4, 0.5) is 9.93 Å². The number of carbonyl (C=O) groups excluding carboxylic acids is 3. The number of anilines is 1. The van der Waals surface area contributed by atoms with Crippen molar-refractivity contribution >= 4 is 44.5 Å². The van der Waals surface area contributed by atoms with Gasteiger partial charge in [-0.2, -0.15) is 0 Å². The number of nitrogens with zero attached hydrogens (tertiary/aromatic N) is 3. The Hall–Kier alpha value is -3.46. The summed E-state index contributed by atoms with van der Waals surface area (Å²) in [6.07, 6.45) is 0.00131. The first-order chi connectivity index (χ1) is 15.3. The maximum Gasteiger partial charge on any atom is 0.325 e.